The van der Waals surface area contributed by atoms with Crippen molar-refractivity contribution in [1.82, 2.24) is 14.5 Å². The van der Waals surface area contributed by atoms with Gasteiger partial charge in [-0.2, -0.15) is 0 Å². The summed E-state index contributed by atoms with van der Waals surface area (Å²) in [6.07, 6.45) is 6.66. The first kappa shape index (κ1) is 21.1. The highest BCUT2D eigenvalue weighted by molar-refractivity contribution is 7.22. The number of nitrogens with zero attached hydrogens (tertiary/aromatic N) is 4. The van der Waals surface area contributed by atoms with Crippen LogP contribution in [-0.4, -0.2) is 34.1 Å². The van der Waals surface area contributed by atoms with Crippen LogP contribution in [0.15, 0.2) is 55.1 Å². The molecule has 2 aromatic carbocycles. The number of hydrogen-bond donors (Lipinski definition) is 0. The highest BCUT2D eigenvalue weighted by atomic mass is 32.1. The van der Waals surface area contributed by atoms with Crippen LogP contribution < -0.4 is 9.64 Å². The molecule has 0 N–H and O–H groups in total. The van der Waals surface area contributed by atoms with Crippen LogP contribution in [0.5, 0.6) is 5.75 Å². The van der Waals surface area contributed by atoms with Crippen molar-refractivity contribution in [3.8, 4) is 5.75 Å². The smallest absolute Gasteiger partial charge is 0.233 e. The number of benzene rings is 2. The fourth-order valence-corrected chi connectivity index (χ4v) is 4.68. The van der Waals surface area contributed by atoms with Crippen molar-refractivity contribution in [2.24, 2.45) is 0 Å². The normalized spacial score (nSPS) is 11.1. The zero-order valence-electron chi connectivity index (χ0n) is 18.0. The van der Waals surface area contributed by atoms with Gasteiger partial charge in [0.15, 0.2) is 5.13 Å². The molecule has 4 aromatic rings. The number of methoxy groups -OCH3 is 1. The fourth-order valence-electron chi connectivity index (χ4n) is 3.65. The molecule has 0 saturated carbocycles. The van der Waals surface area contributed by atoms with Crippen LogP contribution in [0, 0.1) is 13.8 Å². The predicted molar refractivity (Wildman–Crippen MR) is 125 cm³/mol. The van der Waals surface area contributed by atoms with Crippen molar-refractivity contribution in [1.29, 1.82) is 0 Å². The first-order chi connectivity index (χ1) is 15.0. The van der Waals surface area contributed by atoms with E-state index in [0.29, 0.717) is 18.1 Å². The molecular formula is C24H26N4O2S. The molecule has 2 aromatic heterocycles. The van der Waals surface area contributed by atoms with Gasteiger partial charge in [0.2, 0.25) is 5.91 Å². The Bertz CT molecular complexity index is 1180. The molecule has 6 nitrogen and oxygen atoms in total. The lowest BCUT2D eigenvalue weighted by Gasteiger charge is -2.20. The number of hydrogen-bond acceptors (Lipinski definition) is 5. The number of fused-ring (bicyclic) bond motifs is 1. The lowest BCUT2D eigenvalue weighted by molar-refractivity contribution is -0.118. The summed E-state index contributed by atoms with van der Waals surface area (Å²) in [7, 11) is 1.64. The van der Waals surface area contributed by atoms with E-state index in [0.717, 1.165) is 40.1 Å². The predicted octanol–water partition coefficient (Wildman–Crippen LogP) is 4.78. The Labute approximate surface area is 186 Å². The molecule has 0 aliphatic rings. The molecule has 0 aliphatic carbocycles. The number of imidazole rings is 1. The van der Waals surface area contributed by atoms with Crippen LogP contribution in [0.3, 0.4) is 0 Å². The van der Waals surface area contributed by atoms with Gasteiger partial charge in [-0.15, -0.1) is 0 Å². The second-order valence-corrected chi connectivity index (χ2v) is 8.62. The number of thiazole rings is 1. The lowest BCUT2D eigenvalue weighted by Crippen LogP contribution is -2.33. The van der Waals surface area contributed by atoms with Crippen LogP contribution in [0.1, 0.15) is 23.1 Å². The van der Waals surface area contributed by atoms with Gasteiger partial charge < -0.3 is 9.30 Å². The van der Waals surface area contributed by atoms with E-state index < -0.39 is 0 Å². The minimum Gasteiger partial charge on any atom is -0.494 e. The number of ether oxygens (including phenoxy) is 1. The summed E-state index contributed by atoms with van der Waals surface area (Å²) < 4.78 is 8.49. The fraction of sp³-hybridized carbons (Fsp3) is 0.292. The number of anilines is 1. The standard InChI is InChI=1S/C24H26N4O2S/c1-17-8-9-19(18(2)14-17)15-22(29)28(12-5-11-27-13-10-25-16-27)24-26-23-20(30-3)6-4-7-21(23)31-24/h4,6-10,13-14,16H,5,11-12,15H2,1-3H3. The Morgan fingerprint density at radius 2 is 2.10 bits per heavy atom. The number of carbonyl (C=O) groups is 1. The molecule has 4 rings (SSSR count). The minimum atomic E-state index is 0.0515. The SMILES string of the molecule is COc1cccc2sc(N(CCCn3ccnc3)C(=O)Cc3ccc(C)cc3C)nc12. The van der Waals surface area contributed by atoms with E-state index in [2.05, 4.69) is 31.0 Å². The molecule has 0 atom stereocenters. The molecule has 0 saturated heterocycles. The molecule has 1 amide bonds. The molecule has 0 unspecified atom stereocenters. The topological polar surface area (TPSA) is 60.2 Å². The van der Waals surface area contributed by atoms with Gasteiger partial charge in [0.1, 0.15) is 11.3 Å². The number of aryl methyl sites for hydroxylation is 3. The van der Waals surface area contributed by atoms with E-state index in [1.165, 1.54) is 16.9 Å². The van der Waals surface area contributed by atoms with Gasteiger partial charge >= 0.3 is 0 Å². The summed E-state index contributed by atoms with van der Waals surface area (Å²) in [6, 6.07) is 12.1. The second kappa shape index (κ2) is 9.31. The zero-order valence-corrected chi connectivity index (χ0v) is 18.9. The van der Waals surface area contributed by atoms with Crippen LogP contribution in [0.4, 0.5) is 5.13 Å². The maximum Gasteiger partial charge on any atom is 0.233 e. The summed E-state index contributed by atoms with van der Waals surface area (Å²) in [6.45, 7) is 5.50. The summed E-state index contributed by atoms with van der Waals surface area (Å²) >= 11 is 1.52. The Morgan fingerprint density at radius 1 is 1.23 bits per heavy atom. The van der Waals surface area contributed by atoms with Gasteiger partial charge in [-0.25, -0.2) is 9.97 Å². The average molecular weight is 435 g/mol. The molecule has 31 heavy (non-hydrogen) atoms. The van der Waals surface area contributed by atoms with E-state index in [1.807, 2.05) is 39.9 Å². The maximum atomic E-state index is 13.4. The molecule has 2 heterocycles. The Hall–Kier alpha value is -3.19. The molecule has 0 radical (unpaired) electrons. The highest BCUT2D eigenvalue weighted by Crippen LogP contribution is 2.34. The molecule has 0 bridgehead atoms. The first-order valence-electron chi connectivity index (χ1n) is 10.3. The largest absolute Gasteiger partial charge is 0.494 e. The third kappa shape index (κ3) is 4.77. The molecule has 160 valence electrons. The summed E-state index contributed by atoms with van der Waals surface area (Å²) in [5.74, 6) is 0.774. The van der Waals surface area contributed by atoms with E-state index in [4.69, 9.17) is 9.72 Å². The van der Waals surface area contributed by atoms with Gasteiger partial charge in [0, 0.05) is 25.5 Å². The van der Waals surface area contributed by atoms with Gasteiger partial charge in [-0.3, -0.25) is 9.69 Å². The van der Waals surface area contributed by atoms with Crippen molar-refractivity contribution in [3.05, 3.63) is 71.8 Å². The van der Waals surface area contributed by atoms with Crippen molar-refractivity contribution in [2.75, 3.05) is 18.6 Å². The Kier molecular flexibility index (Phi) is 6.32. The number of carbonyl (C=O) groups excluding carboxylic acids is 1. The van der Waals surface area contributed by atoms with Gasteiger partial charge in [-0.1, -0.05) is 41.2 Å². The monoisotopic (exact) mass is 434 g/mol. The third-order valence-electron chi connectivity index (χ3n) is 5.32. The van der Waals surface area contributed by atoms with Crippen molar-refractivity contribution >= 4 is 32.6 Å². The van der Waals surface area contributed by atoms with Gasteiger partial charge in [-0.05, 0) is 43.5 Å². The van der Waals surface area contributed by atoms with Crippen LogP contribution in [-0.2, 0) is 17.8 Å². The van der Waals surface area contributed by atoms with Gasteiger partial charge in [0.05, 0.1) is 24.6 Å². The van der Waals surface area contributed by atoms with Crippen LogP contribution in [0.2, 0.25) is 0 Å². The third-order valence-corrected chi connectivity index (χ3v) is 6.36. The molecule has 0 fully saturated rings. The summed E-state index contributed by atoms with van der Waals surface area (Å²) in [4.78, 5) is 24.1. The summed E-state index contributed by atoms with van der Waals surface area (Å²) in [5, 5.41) is 0.708. The summed E-state index contributed by atoms with van der Waals surface area (Å²) in [5.41, 5.74) is 4.18. The van der Waals surface area contributed by atoms with Crippen molar-refractivity contribution in [3.63, 3.8) is 0 Å². The van der Waals surface area contributed by atoms with E-state index in [1.54, 1.807) is 19.6 Å². The average Bonchev–Trinajstić information content (AvgIpc) is 3.42. The molecule has 0 spiro atoms. The molecule has 0 aliphatic heterocycles. The number of rotatable bonds is 8. The number of amides is 1. The number of aromatic nitrogens is 3. The van der Waals surface area contributed by atoms with Crippen molar-refractivity contribution in [2.45, 2.75) is 33.2 Å². The van der Waals surface area contributed by atoms with Gasteiger partial charge in [0.25, 0.3) is 0 Å². The van der Waals surface area contributed by atoms with E-state index in [-0.39, 0.29) is 5.91 Å². The quantitative estimate of drug-likeness (QED) is 0.400. The van der Waals surface area contributed by atoms with Crippen LogP contribution in [0.25, 0.3) is 10.2 Å². The molecule has 7 heteroatoms. The van der Waals surface area contributed by atoms with Crippen LogP contribution >= 0.6 is 11.3 Å². The maximum absolute atomic E-state index is 13.4. The minimum absolute atomic E-state index is 0.0515. The van der Waals surface area contributed by atoms with E-state index in [9.17, 15) is 4.79 Å². The molecular weight excluding hydrogens is 408 g/mol. The highest BCUT2D eigenvalue weighted by Gasteiger charge is 2.21. The Balaban J connectivity index is 1.61. The second-order valence-electron chi connectivity index (χ2n) is 7.61. The first-order valence-corrected chi connectivity index (χ1v) is 11.1. The zero-order chi connectivity index (χ0) is 21.8. The number of para-hydroxylation sites is 1. The lowest BCUT2D eigenvalue weighted by atomic mass is 10.0. The Morgan fingerprint density at radius 3 is 2.84 bits per heavy atom. The van der Waals surface area contributed by atoms with Crippen molar-refractivity contribution < 1.29 is 9.53 Å². The van der Waals surface area contributed by atoms with E-state index >= 15 is 0 Å².